The summed E-state index contributed by atoms with van der Waals surface area (Å²) in [6.45, 7) is 1.39. The van der Waals surface area contributed by atoms with Gasteiger partial charge in [-0.2, -0.15) is 13.2 Å². The zero-order chi connectivity index (χ0) is 13.6. The predicted octanol–water partition coefficient (Wildman–Crippen LogP) is 4.08. The van der Waals surface area contributed by atoms with Gasteiger partial charge < -0.3 is 4.90 Å². The number of benzene rings is 1. The fourth-order valence-electron chi connectivity index (χ4n) is 2.05. The summed E-state index contributed by atoms with van der Waals surface area (Å²) >= 11 is 7.05. The minimum atomic E-state index is -4.44. The van der Waals surface area contributed by atoms with Gasteiger partial charge in [0.1, 0.15) is 0 Å². The Balaban J connectivity index is 2.01. The van der Waals surface area contributed by atoms with Crippen LogP contribution in [0.15, 0.2) is 28.6 Å². The Morgan fingerprint density at radius 1 is 1.32 bits per heavy atom. The first-order chi connectivity index (χ1) is 8.97. The molecule has 19 heavy (non-hydrogen) atoms. The predicted molar refractivity (Wildman–Crippen MR) is 71.0 cm³/mol. The van der Waals surface area contributed by atoms with Crippen LogP contribution in [0.2, 0.25) is 5.02 Å². The van der Waals surface area contributed by atoms with Crippen molar-refractivity contribution in [3.05, 3.63) is 39.8 Å². The highest BCUT2D eigenvalue weighted by atomic mass is 35.5. The van der Waals surface area contributed by atoms with Crippen LogP contribution in [0.25, 0.3) is 5.70 Å². The van der Waals surface area contributed by atoms with Crippen molar-refractivity contribution in [2.24, 2.45) is 4.99 Å². The lowest BCUT2D eigenvalue weighted by atomic mass is 10.1. The first kappa shape index (κ1) is 12.9. The van der Waals surface area contributed by atoms with E-state index >= 15 is 0 Å². The number of rotatable bonds is 1. The summed E-state index contributed by atoms with van der Waals surface area (Å²) < 4.78 is 38.5. The summed E-state index contributed by atoms with van der Waals surface area (Å²) in [6.07, 6.45) is -4.44. The molecule has 0 N–H and O–H groups in total. The van der Waals surface area contributed by atoms with E-state index in [9.17, 15) is 13.2 Å². The Kier molecular flexibility index (Phi) is 3.02. The Bertz CT molecular complexity index is 595. The van der Waals surface area contributed by atoms with Crippen molar-refractivity contribution in [3.8, 4) is 0 Å². The van der Waals surface area contributed by atoms with Crippen LogP contribution in [-0.2, 0) is 6.18 Å². The molecule has 0 bridgehead atoms. The molecule has 7 heteroatoms. The van der Waals surface area contributed by atoms with Crippen LogP contribution < -0.4 is 0 Å². The number of halogens is 4. The first-order valence-corrected chi connectivity index (χ1v) is 6.78. The molecule has 0 aromatic heterocycles. The third-order valence-electron chi connectivity index (χ3n) is 2.94. The van der Waals surface area contributed by atoms with Gasteiger partial charge in [-0.05, 0) is 17.7 Å². The minimum absolute atomic E-state index is 0.280. The largest absolute Gasteiger partial charge is 0.417 e. The Morgan fingerprint density at radius 2 is 2.11 bits per heavy atom. The monoisotopic (exact) mass is 304 g/mol. The average Bonchev–Trinajstić information content (AvgIpc) is 2.90. The SMILES string of the molecule is FC(F)(F)c1cc(C2=CSC3=NCCN23)ccc1Cl. The van der Waals surface area contributed by atoms with Crippen LogP contribution in [0.5, 0.6) is 0 Å². The van der Waals surface area contributed by atoms with E-state index in [4.69, 9.17) is 11.6 Å². The van der Waals surface area contributed by atoms with Crippen LogP contribution in [0.1, 0.15) is 11.1 Å². The highest BCUT2D eigenvalue weighted by Crippen LogP contribution is 2.40. The van der Waals surface area contributed by atoms with Crippen molar-refractivity contribution in [3.63, 3.8) is 0 Å². The van der Waals surface area contributed by atoms with E-state index in [1.165, 1.54) is 17.8 Å². The van der Waals surface area contributed by atoms with E-state index in [-0.39, 0.29) is 5.02 Å². The number of fused-ring (bicyclic) bond motifs is 1. The molecule has 0 unspecified atom stereocenters. The topological polar surface area (TPSA) is 15.6 Å². The molecule has 100 valence electrons. The molecule has 2 aliphatic rings. The molecule has 0 atom stereocenters. The zero-order valence-electron chi connectivity index (χ0n) is 9.54. The summed E-state index contributed by atoms with van der Waals surface area (Å²) in [5.74, 6) is 0. The lowest BCUT2D eigenvalue weighted by Gasteiger charge is -2.18. The molecular formula is C12H8ClF3N2S. The molecule has 0 saturated carbocycles. The van der Waals surface area contributed by atoms with E-state index in [1.807, 2.05) is 10.3 Å². The molecule has 2 nitrogen and oxygen atoms in total. The van der Waals surface area contributed by atoms with Crippen LogP contribution >= 0.6 is 23.4 Å². The van der Waals surface area contributed by atoms with E-state index in [0.717, 1.165) is 16.9 Å². The molecule has 2 aliphatic heterocycles. The minimum Gasteiger partial charge on any atom is -0.318 e. The number of nitrogens with zero attached hydrogens (tertiary/aromatic N) is 2. The van der Waals surface area contributed by atoms with E-state index in [1.54, 1.807) is 6.07 Å². The van der Waals surface area contributed by atoms with Gasteiger partial charge in [-0.15, -0.1) is 0 Å². The van der Waals surface area contributed by atoms with Gasteiger partial charge in [0.05, 0.1) is 22.8 Å². The highest BCUT2D eigenvalue weighted by Gasteiger charge is 2.35. The van der Waals surface area contributed by atoms with E-state index in [0.29, 0.717) is 18.7 Å². The van der Waals surface area contributed by atoms with Gasteiger partial charge in [-0.1, -0.05) is 29.4 Å². The van der Waals surface area contributed by atoms with Crippen molar-refractivity contribution in [2.75, 3.05) is 13.1 Å². The van der Waals surface area contributed by atoms with Crippen molar-refractivity contribution < 1.29 is 13.2 Å². The maximum absolute atomic E-state index is 12.8. The van der Waals surface area contributed by atoms with Gasteiger partial charge in [0.2, 0.25) is 0 Å². The lowest BCUT2D eigenvalue weighted by molar-refractivity contribution is -0.137. The van der Waals surface area contributed by atoms with E-state index < -0.39 is 11.7 Å². The summed E-state index contributed by atoms with van der Waals surface area (Å²) in [4.78, 5) is 6.19. The van der Waals surface area contributed by atoms with Crippen molar-refractivity contribution in [2.45, 2.75) is 6.18 Å². The van der Waals surface area contributed by atoms with Crippen molar-refractivity contribution in [1.82, 2.24) is 4.90 Å². The van der Waals surface area contributed by atoms with Crippen LogP contribution in [-0.4, -0.2) is 23.2 Å². The summed E-state index contributed by atoms with van der Waals surface area (Å²) in [6, 6.07) is 3.98. The summed E-state index contributed by atoms with van der Waals surface area (Å²) in [5.41, 5.74) is 0.460. The second kappa shape index (κ2) is 4.45. The Morgan fingerprint density at radius 3 is 2.84 bits per heavy atom. The van der Waals surface area contributed by atoms with Gasteiger partial charge in [0.15, 0.2) is 5.17 Å². The molecule has 0 radical (unpaired) electrons. The van der Waals surface area contributed by atoms with Crippen LogP contribution in [0, 0.1) is 0 Å². The van der Waals surface area contributed by atoms with Crippen molar-refractivity contribution in [1.29, 1.82) is 0 Å². The van der Waals surface area contributed by atoms with Gasteiger partial charge in [-0.25, -0.2) is 0 Å². The standard InChI is InChI=1S/C12H8ClF3N2S/c13-9-2-1-7(5-8(9)12(14,15)16)10-6-19-11-17-3-4-18(10)11/h1-2,5-6H,3-4H2. The van der Waals surface area contributed by atoms with Gasteiger partial charge in [-0.3, -0.25) is 4.99 Å². The Hall–Kier alpha value is -1.14. The number of thioether (sulfide) groups is 1. The molecule has 2 heterocycles. The third kappa shape index (κ3) is 2.23. The van der Waals surface area contributed by atoms with Gasteiger partial charge >= 0.3 is 6.18 Å². The highest BCUT2D eigenvalue weighted by molar-refractivity contribution is 8.16. The van der Waals surface area contributed by atoms with Gasteiger partial charge in [0, 0.05) is 12.0 Å². The molecular weight excluding hydrogens is 297 g/mol. The number of aliphatic imine (C=N–C) groups is 1. The molecule has 0 amide bonds. The fourth-order valence-corrected chi connectivity index (χ4v) is 3.24. The quantitative estimate of drug-likeness (QED) is 0.777. The molecule has 0 fully saturated rings. The second-order valence-electron chi connectivity index (χ2n) is 4.13. The first-order valence-electron chi connectivity index (χ1n) is 5.53. The molecule has 0 spiro atoms. The molecule has 1 aromatic rings. The average molecular weight is 305 g/mol. The third-order valence-corrected chi connectivity index (χ3v) is 4.17. The molecule has 0 saturated heterocycles. The number of alkyl halides is 3. The number of hydrogen-bond acceptors (Lipinski definition) is 3. The maximum atomic E-state index is 12.8. The zero-order valence-corrected chi connectivity index (χ0v) is 11.1. The van der Waals surface area contributed by atoms with Crippen LogP contribution in [0.4, 0.5) is 13.2 Å². The van der Waals surface area contributed by atoms with Crippen LogP contribution in [0.3, 0.4) is 0 Å². The van der Waals surface area contributed by atoms with E-state index in [2.05, 4.69) is 4.99 Å². The molecule has 1 aromatic carbocycles. The summed E-state index contributed by atoms with van der Waals surface area (Å²) in [5, 5.41) is 2.39. The normalized spacial score (nSPS) is 18.4. The number of amidine groups is 1. The number of hydrogen-bond donors (Lipinski definition) is 0. The fraction of sp³-hybridized carbons (Fsp3) is 0.250. The van der Waals surface area contributed by atoms with Gasteiger partial charge in [0.25, 0.3) is 0 Å². The molecule has 0 aliphatic carbocycles. The Labute approximate surface area is 116 Å². The van der Waals surface area contributed by atoms with Crippen molar-refractivity contribution >= 4 is 34.2 Å². The maximum Gasteiger partial charge on any atom is 0.417 e. The summed E-state index contributed by atoms with van der Waals surface area (Å²) in [7, 11) is 0. The smallest absolute Gasteiger partial charge is 0.318 e. The molecule has 3 rings (SSSR count). The lowest BCUT2D eigenvalue weighted by Crippen LogP contribution is -2.20. The second-order valence-corrected chi connectivity index (χ2v) is 5.37.